The first kappa shape index (κ1) is 116. The predicted octanol–water partition coefficient (Wildman–Crippen LogP) is 17.5. The van der Waals surface area contributed by atoms with Gasteiger partial charge in [0.05, 0.1) is 44.1 Å². The van der Waals surface area contributed by atoms with E-state index in [4.69, 9.17) is 107 Å². The number of nitrogen functional groups attached to an aromatic ring is 3. The summed E-state index contributed by atoms with van der Waals surface area (Å²) in [5, 5.41) is 11.2. The Morgan fingerprint density at radius 2 is 0.753 bits per heavy atom. The van der Waals surface area contributed by atoms with E-state index in [-0.39, 0.29) is 119 Å². The van der Waals surface area contributed by atoms with Crippen LogP contribution in [0, 0.1) is 52.1 Å². The van der Waals surface area contributed by atoms with E-state index in [9.17, 15) is 27.2 Å². The Labute approximate surface area is 955 Å². The molecule has 47 heteroatoms. The smallest absolute Gasteiger partial charge is 0.778 e. The van der Waals surface area contributed by atoms with Gasteiger partial charge < -0.3 is 81.4 Å². The van der Waals surface area contributed by atoms with Gasteiger partial charge in [-0.2, -0.15) is 4.90 Å². The number of rotatable bonds is 9. The zero-order valence-electron chi connectivity index (χ0n) is 82.1. The van der Waals surface area contributed by atoms with Gasteiger partial charge in [-0.1, -0.05) is 104 Å². The van der Waals surface area contributed by atoms with Crippen molar-refractivity contribution < 1.29 is 66.2 Å². The van der Waals surface area contributed by atoms with Crippen LogP contribution >= 0.6 is 115 Å². The van der Waals surface area contributed by atoms with Gasteiger partial charge in [0.1, 0.15) is 51.9 Å². The number of fused-ring (bicyclic) bond motifs is 8. The van der Waals surface area contributed by atoms with E-state index in [1.165, 1.54) is 59.0 Å². The average molecular weight is 2400 g/mol. The van der Waals surface area contributed by atoms with Crippen molar-refractivity contribution in [1.29, 1.82) is 0 Å². The van der Waals surface area contributed by atoms with Crippen LogP contribution in [0.3, 0.4) is 0 Å². The van der Waals surface area contributed by atoms with E-state index in [1.54, 1.807) is 96.6 Å². The molecule has 0 unspecified atom stereocenters. The monoisotopic (exact) mass is 2400 g/mol. The number of imidazole rings is 4. The molecule has 5 radical (unpaired) electrons. The number of nitrogens with two attached hydrogens (primary N) is 5. The number of aromatic nitrogens is 15. The third-order valence-corrected chi connectivity index (χ3v) is 33.8. The molecule has 150 heavy (non-hydrogen) atoms. The fourth-order valence-corrected chi connectivity index (χ4v) is 24.8. The van der Waals surface area contributed by atoms with Crippen molar-refractivity contribution in [2.45, 2.75) is 193 Å². The minimum absolute atomic E-state index is 0. The van der Waals surface area contributed by atoms with Crippen molar-refractivity contribution in [1.82, 2.24) is 88.4 Å². The van der Waals surface area contributed by atoms with E-state index in [1.807, 2.05) is 122 Å². The van der Waals surface area contributed by atoms with Gasteiger partial charge in [-0.15, -0.1) is 0 Å². The molecule has 4 aliphatic heterocycles. The van der Waals surface area contributed by atoms with Crippen LogP contribution in [0.4, 0.5) is 62.4 Å². The van der Waals surface area contributed by atoms with E-state index >= 15 is 0 Å². The second-order valence-corrected chi connectivity index (χ2v) is 45.8. The second kappa shape index (κ2) is 49.1. The van der Waals surface area contributed by atoms with Crippen LogP contribution in [-0.4, -0.2) is 171 Å². The first-order chi connectivity index (χ1) is 70.3. The number of carbonyl (C=O) groups is 2. The number of amides is 2. The second-order valence-electron chi connectivity index (χ2n) is 39.4. The van der Waals surface area contributed by atoms with Gasteiger partial charge in [-0.3, -0.25) is 17.6 Å². The summed E-state index contributed by atoms with van der Waals surface area (Å²) >= 11 is 36.2. The molecular weight excluding hydrogens is 2290 g/mol. The molecular formula is C103H113B3Cl4F4I2N26NaO4S3. The minimum atomic E-state index is -0.633. The normalized spacial score (nSPS) is 17.9. The van der Waals surface area contributed by atoms with Crippen LogP contribution in [0.5, 0.6) is 0 Å². The number of nitrogens with zero attached hydrogens (tertiary/aromatic N) is 18. The van der Waals surface area contributed by atoms with Crippen LogP contribution in [0.15, 0.2) is 208 Å². The van der Waals surface area contributed by atoms with Crippen LogP contribution in [0.1, 0.15) is 176 Å². The summed E-state index contributed by atoms with van der Waals surface area (Å²) in [7, 11) is 10.0. The molecule has 0 saturated carbocycles. The number of pyridine rings is 3. The van der Waals surface area contributed by atoms with E-state index in [0.29, 0.717) is 50.0 Å². The van der Waals surface area contributed by atoms with Gasteiger partial charge in [0, 0.05) is 187 Å². The maximum absolute atomic E-state index is 14.3. The molecule has 4 spiro atoms. The Hall–Kier alpha value is -9.52. The molecule has 2 amide bonds. The SMILES string of the molecule is C.C.CC(C)(C)OC(=O)N[C@@H]1c2cc(F)ccc2CC12CCN(c1ncc(I)c3nccn13)CC2.CC(C)(C)OC(=O)N[C@@H]1c2cc(F)ccc2CC12CCN(c1ncc(Sc3ccnc(N)c3Cl)c3nccn13)CC2.Clc1ncc(I)c2nccn12.N[C@@H]1c2cc(F)ccc2CC12CCNCC2.Nc1nccc(Sc2cnc(N3CCC4(CC3)Cc3ccc(F)cc3[C@H]4N)n3ccnc23)c1Cl.Nc1nccc([S-])c1Cl.[B][B][B].[Na+]. The summed E-state index contributed by atoms with van der Waals surface area (Å²) in [5.74, 6) is 2.40. The van der Waals surface area contributed by atoms with Crippen LogP contribution in [0.2, 0.25) is 20.4 Å². The fraction of sp³-hybridized carbons (Fsp3) is 0.369. The number of hydrogen-bond acceptors (Lipinski definition) is 27. The molecule has 4 aliphatic carbocycles. The van der Waals surface area contributed by atoms with Crippen molar-refractivity contribution in [2.24, 2.45) is 33.1 Å². The molecule has 4 atom stereocenters. The number of carbonyl (C=O) groups excluding carboxylic acids is 2. The Bertz CT molecular complexity index is 7310. The van der Waals surface area contributed by atoms with E-state index in [2.05, 4.69) is 136 Å². The van der Waals surface area contributed by atoms with Crippen molar-refractivity contribution >= 4 is 220 Å². The fourth-order valence-electron chi connectivity index (χ4n) is 21.0. The Balaban J connectivity index is 0.000000149. The maximum Gasteiger partial charge on any atom is 1.00 e. The van der Waals surface area contributed by atoms with E-state index < -0.39 is 23.4 Å². The zero-order chi connectivity index (χ0) is 104. The van der Waals surface area contributed by atoms with Crippen molar-refractivity contribution in [3.8, 4) is 0 Å². The van der Waals surface area contributed by atoms with Gasteiger partial charge in [-0.05, 0) is 304 Å². The summed E-state index contributed by atoms with van der Waals surface area (Å²) in [6.07, 6.45) is 36.4. The summed E-state index contributed by atoms with van der Waals surface area (Å²) in [6.45, 7) is 17.7. The Kier molecular flexibility index (Phi) is 38.0. The quantitative estimate of drug-likeness (QED) is 0.0219. The van der Waals surface area contributed by atoms with Crippen LogP contribution in [-0.2, 0) is 47.8 Å². The molecule has 11 aromatic heterocycles. The molecule has 15 aromatic rings. The first-order valence-electron chi connectivity index (χ1n) is 47.6. The van der Waals surface area contributed by atoms with Crippen LogP contribution < -0.4 is 88.9 Å². The molecule has 0 bridgehead atoms. The molecule has 4 saturated heterocycles. The van der Waals surface area contributed by atoms with Gasteiger partial charge in [0.25, 0.3) is 0 Å². The van der Waals surface area contributed by atoms with E-state index in [0.717, 1.165) is 224 Å². The minimum Gasteiger partial charge on any atom is -0.778 e. The number of nitrogens with one attached hydrogen (secondary N) is 3. The number of ether oxygens (including phenoxy) is 2. The summed E-state index contributed by atoms with van der Waals surface area (Å²) < 4.78 is 76.4. The zero-order valence-corrected chi connectivity index (χ0v) is 93.9. The Morgan fingerprint density at radius 1 is 0.440 bits per heavy atom. The van der Waals surface area contributed by atoms with Crippen molar-refractivity contribution in [3.05, 3.63) is 279 Å². The summed E-state index contributed by atoms with van der Waals surface area (Å²) in [6, 6.07) is 24.4. The summed E-state index contributed by atoms with van der Waals surface area (Å²) in [5.41, 5.74) is 40.1. The number of piperidine rings is 4. The topological polar surface area (TPSA) is 388 Å². The maximum atomic E-state index is 14.3. The molecule has 8 aliphatic rings. The van der Waals surface area contributed by atoms with Crippen LogP contribution in [0.25, 0.3) is 22.6 Å². The van der Waals surface area contributed by atoms with Crippen molar-refractivity contribution in [2.75, 3.05) is 84.3 Å². The molecule has 777 valence electrons. The van der Waals surface area contributed by atoms with Gasteiger partial charge in [0.2, 0.25) is 23.1 Å². The molecule has 4 fully saturated rings. The standard InChI is InChI=1S/C29H31ClFN7O2S.C24H23ClFN7S.C24H27FIN5O2.C13H17FN2.C6H3ClIN3.C5H5ClN2S.2CH4.B3.Na/c1-28(2,3)40-27(39)36-23-19-14-18(31)5-4-17(19)15-29(23)7-11-37(12-8-29)26-35-16-21(25-34-10-13-38(25)26)41-20-6-9-33-24(32)22(20)30;25-19-17(3-6-29-21(19)28)34-18-13-31-23(33-10-7-30-22(18)33)32-8-4-24(5-9-32)12-14-1-2-15(26)11-16(14)20(24)27;1-23(2,3)33-22(32)29-19-17-12-16(25)5-4-15(17)13-24(19)6-9-30(10-7-24)21-28-14-18(26)20-27-8-11-31(20)21;14-10-2-1-9-8-13(3-5-16-6-4-13)12(15)11(9)7-10;7-6-10-3-4(8)5-9-1-2-11(5)6;6-4-3(9)1-2-8-5(4)7;;;1-3-2;/h4-6,9-10,13-14,16,23H,7-8,11-12,15H2,1-3H3,(H2,32,33)(H,36,39);1-3,6-7,10-11,13,20H,4-5,8-9,12,27H2,(H2,28,29);4-5,8,11-12,14,19H,6-7,9-10,13H2,1-3H3,(H,29,32);1-2,7,12,16H,3-6,8,15H2;1-3H;1-2H,(H3,7,8,9);2*1H4;;/q;;;;;;;;;+1/p-1/t23-;20-;19-;12-;;;;;;/m1111....../s1. The first-order valence-corrected chi connectivity index (χ1v) is 53.3. The Morgan fingerprint density at radius 3 is 1.13 bits per heavy atom. The molecule has 15 heterocycles. The molecule has 30 nitrogen and oxygen atoms in total. The molecule has 23 rings (SSSR count). The van der Waals surface area contributed by atoms with Gasteiger partial charge >= 0.3 is 41.7 Å². The largest absolute Gasteiger partial charge is 1.00 e. The molecule has 13 N–H and O–H groups in total. The average Bonchev–Trinajstić information content (AvgIpc) is 1.56. The number of benzene rings is 4. The number of hydrogen-bond donors (Lipinski definition) is 8. The third-order valence-electron chi connectivity index (χ3n) is 28.0. The van der Waals surface area contributed by atoms with Gasteiger partial charge in [0.15, 0.2) is 22.6 Å². The summed E-state index contributed by atoms with van der Waals surface area (Å²) in [4.78, 5) is 84.0. The third kappa shape index (κ3) is 25.5. The number of alkyl carbamates (subject to hydrolysis) is 2. The molecule has 4 aromatic carbocycles. The predicted molar refractivity (Wildman–Crippen MR) is 603 cm³/mol. The van der Waals surface area contributed by atoms with Crippen molar-refractivity contribution in [3.63, 3.8) is 0 Å². The van der Waals surface area contributed by atoms with Gasteiger partial charge in [-0.25, -0.2) is 82.0 Å². The number of anilines is 6. The number of halogens is 10.